The van der Waals surface area contributed by atoms with Crippen LogP contribution < -0.4 is 0 Å². The van der Waals surface area contributed by atoms with Crippen LogP contribution in [0, 0.1) is 0 Å². The lowest BCUT2D eigenvalue weighted by molar-refractivity contribution is -0.138. The highest BCUT2D eigenvalue weighted by Gasteiger charge is 2.36. The number of rotatable bonds is 6. The molecule has 2 heterocycles. The van der Waals surface area contributed by atoms with E-state index >= 15 is 0 Å². The Morgan fingerprint density at radius 2 is 2.08 bits per heavy atom. The highest BCUT2D eigenvalue weighted by Crippen LogP contribution is 2.22. The van der Waals surface area contributed by atoms with Gasteiger partial charge in [-0.05, 0) is 31.9 Å². The summed E-state index contributed by atoms with van der Waals surface area (Å²) in [7, 11) is -3.14. The van der Waals surface area contributed by atoms with Gasteiger partial charge < -0.3 is 9.64 Å². The van der Waals surface area contributed by atoms with Gasteiger partial charge in [0.15, 0.2) is 22.1 Å². The summed E-state index contributed by atoms with van der Waals surface area (Å²) in [6.45, 7) is 3.21. The topological polar surface area (TPSA) is 93.6 Å². The van der Waals surface area contributed by atoms with Crippen molar-refractivity contribution in [2.45, 2.75) is 38.8 Å². The lowest BCUT2D eigenvalue weighted by Crippen LogP contribution is -2.48. The van der Waals surface area contributed by atoms with Gasteiger partial charge in [-0.1, -0.05) is 30.1 Å². The molecule has 1 aliphatic heterocycles. The summed E-state index contributed by atoms with van der Waals surface area (Å²) >= 11 is 11.6. The molecule has 1 saturated heterocycles. The van der Waals surface area contributed by atoms with E-state index in [2.05, 4.69) is 4.98 Å². The Balaban J connectivity index is 2.07. The second kappa shape index (κ2) is 8.54. The van der Waals surface area contributed by atoms with Crippen LogP contribution in [-0.4, -0.2) is 60.4 Å². The molecule has 0 saturated carbocycles. The zero-order valence-corrected chi connectivity index (χ0v) is 16.8. The fourth-order valence-electron chi connectivity index (χ4n) is 2.83. The maximum Gasteiger partial charge on any atom is 0.359 e. The zero-order valence-electron chi connectivity index (χ0n) is 14.4. The largest absolute Gasteiger partial charge is 0.451 e. The molecule has 7 nitrogen and oxygen atoms in total. The quantitative estimate of drug-likeness (QED) is 0.515. The molecule has 0 bridgehead atoms. The minimum atomic E-state index is -3.14. The van der Waals surface area contributed by atoms with Crippen molar-refractivity contribution in [1.29, 1.82) is 0 Å². The summed E-state index contributed by atoms with van der Waals surface area (Å²) in [6.07, 6.45) is 1.03. The predicted octanol–water partition coefficient (Wildman–Crippen LogP) is 2.36. The lowest BCUT2D eigenvalue weighted by Gasteiger charge is -2.33. The highest BCUT2D eigenvalue weighted by molar-refractivity contribution is 7.91. The Morgan fingerprint density at radius 1 is 1.38 bits per heavy atom. The molecule has 0 radical (unpaired) electrons. The molecule has 1 aromatic heterocycles. The van der Waals surface area contributed by atoms with Gasteiger partial charge in [0.1, 0.15) is 5.15 Å². The first-order valence-electron chi connectivity index (χ1n) is 8.15. The van der Waals surface area contributed by atoms with E-state index < -0.39 is 34.4 Å². The van der Waals surface area contributed by atoms with Crippen LogP contribution in [0.3, 0.4) is 0 Å². The van der Waals surface area contributed by atoms with Crippen molar-refractivity contribution in [1.82, 2.24) is 9.88 Å². The normalized spacial score (nSPS) is 19.8. The third-order valence-corrected chi connectivity index (χ3v) is 6.55. The van der Waals surface area contributed by atoms with E-state index in [1.54, 1.807) is 0 Å². The maximum absolute atomic E-state index is 12.6. The Hall–Kier alpha value is -1.38. The molecule has 0 aromatic carbocycles. The average Bonchev–Trinajstić information content (AvgIpc) is 2.94. The van der Waals surface area contributed by atoms with Crippen LogP contribution in [0.25, 0.3) is 0 Å². The van der Waals surface area contributed by atoms with Gasteiger partial charge in [0.25, 0.3) is 5.91 Å². The second-order valence-electron chi connectivity index (χ2n) is 6.16. The van der Waals surface area contributed by atoms with Crippen LogP contribution in [-0.2, 0) is 19.4 Å². The van der Waals surface area contributed by atoms with E-state index in [0.29, 0.717) is 12.8 Å². The molecule has 1 fully saturated rings. The van der Waals surface area contributed by atoms with Gasteiger partial charge in [0.05, 0.1) is 16.5 Å². The Labute approximate surface area is 162 Å². The van der Waals surface area contributed by atoms with E-state index in [1.165, 1.54) is 17.0 Å². The van der Waals surface area contributed by atoms with Gasteiger partial charge in [0.2, 0.25) is 0 Å². The first-order chi connectivity index (χ1) is 12.1. The van der Waals surface area contributed by atoms with E-state index in [9.17, 15) is 18.0 Å². The van der Waals surface area contributed by atoms with E-state index in [0.717, 1.165) is 0 Å². The molecule has 1 amide bonds. The maximum atomic E-state index is 12.6. The third kappa shape index (κ3) is 5.08. The number of hydrogen-bond acceptors (Lipinski definition) is 6. The number of carbonyl (C=O) groups excluding carboxylic acids is 2. The Kier molecular flexibility index (Phi) is 6.87. The molecule has 0 N–H and O–H groups in total. The van der Waals surface area contributed by atoms with Crippen LogP contribution in [0.2, 0.25) is 10.2 Å². The van der Waals surface area contributed by atoms with Crippen molar-refractivity contribution in [3.05, 3.63) is 28.0 Å². The van der Waals surface area contributed by atoms with Gasteiger partial charge >= 0.3 is 5.97 Å². The number of nitrogens with zero attached hydrogens (tertiary/aromatic N) is 2. The fraction of sp³-hybridized carbons (Fsp3) is 0.562. The number of halogens is 2. The first-order valence-corrected chi connectivity index (χ1v) is 10.7. The molecule has 144 valence electrons. The second-order valence-corrected chi connectivity index (χ2v) is 9.18. The Bertz CT molecular complexity index is 800. The van der Waals surface area contributed by atoms with Crippen LogP contribution in [0.5, 0.6) is 0 Å². The van der Waals surface area contributed by atoms with Crippen LogP contribution >= 0.6 is 23.2 Å². The molecular weight excluding hydrogens is 403 g/mol. The van der Waals surface area contributed by atoms with Gasteiger partial charge in [0, 0.05) is 12.1 Å². The number of ether oxygens (including phenoxy) is 1. The zero-order chi connectivity index (χ0) is 19.5. The van der Waals surface area contributed by atoms with Crippen LogP contribution in [0.1, 0.15) is 37.2 Å². The van der Waals surface area contributed by atoms with Crippen LogP contribution in [0.15, 0.2) is 12.1 Å². The molecule has 1 aromatic rings. The van der Waals surface area contributed by atoms with Crippen molar-refractivity contribution in [3.63, 3.8) is 0 Å². The molecule has 1 aliphatic rings. The molecule has 10 heteroatoms. The highest BCUT2D eigenvalue weighted by atomic mass is 35.5. The SMILES string of the molecule is CC[C@H](C)N(C(=O)COC(=O)c1nc(Cl)ccc1Cl)[C@H]1CCS(=O)(=O)C1. The predicted molar refractivity (Wildman–Crippen MR) is 98.2 cm³/mol. The summed E-state index contributed by atoms with van der Waals surface area (Å²) in [5, 5.41) is 0.137. The first kappa shape index (κ1) is 20.9. The van der Waals surface area contributed by atoms with Crippen molar-refractivity contribution in [3.8, 4) is 0 Å². The summed E-state index contributed by atoms with van der Waals surface area (Å²) in [5.74, 6) is -1.33. The third-order valence-electron chi connectivity index (χ3n) is 4.29. The van der Waals surface area contributed by atoms with Gasteiger partial charge in [-0.25, -0.2) is 18.2 Å². The summed E-state index contributed by atoms with van der Waals surface area (Å²) in [6, 6.07) is 2.25. The van der Waals surface area contributed by atoms with Gasteiger partial charge in [-0.2, -0.15) is 0 Å². The fourth-order valence-corrected chi connectivity index (χ4v) is 4.87. The molecule has 2 atom stereocenters. The van der Waals surface area contributed by atoms with E-state index in [4.69, 9.17) is 27.9 Å². The number of carbonyl (C=O) groups is 2. The van der Waals surface area contributed by atoms with Gasteiger partial charge in [-0.15, -0.1) is 0 Å². The number of amides is 1. The number of hydrogen-bond donors (Lipinski definition) is 0. The lowest BCUT2D eigenvalue weighted by atomic mass is 10.1. The smallest absolute Gasteiger partial charge is 0.359 e. The monoisotopic (exact) mass is 422 g/mol. The number of sulfone groups is 1. The molecule has 0 unspecified atom stereocenters. The van der Waals surface area contributed by atoms with Gasteiger partial charge in [-0.3, -0.25) is 4.79 Å². The standard InChI is InChI=1S/C16H20Cl2N2O5S/c1-3-10(2)20(11-6-7-26(23,24)9-11)14(21)8-25-16(22)15-12(17)4-5-13(18)19-15/h4-5,10-11H,3,6-9H2,1-2H3/t10-,11-/m0/s1. The average molecular weight is 423 g/mol. The molecule has 0 aliphatic carbocycles. The van der Waals surface area contributed by atoms with Crippen molar-refractivity contribution < 1.29 is 22.7 Å². The summed E-state index contributed by atoms with van der Waals surface area (Å²) in [5.41, 5.74) is -0.175. The van der Waals surface area contributed by atoms with Crippen molar-refractivity contribution >= 4 is 44.9 Å². The molecule has 0 spiro atoms. The number of esters is 1. The number of aromatic nitrogens is 1. The molecule has 2 rings (SSSR count). The van der Waals surface area contributed by atoms with Crippen LogP contribution in [0.4, 0.5) is 0 Å². The van der Waals surface area contributed by atoms with E-state index in [-0.39, 0.29) is 33.4 Å². The summed E-state index contributed by atoms with van der Waals surface area (Å²) < 4.78 is 28.5. The minimum absolute atomic E-state index is 0.0553. The van der Waals surface area contributed by atoms with E-state index in [1.807, 2.05) is 13.8 Å². The Morgan fingerprint density at radius 3 is 2.65 bits per heavy atom. The minimum Gasteiger partial charge on any atom is -0.451 e. The number of pyridine rings is 1. The van der Waals surface area contributed by atoms with Crippen molar-refractivity contribution in [2.24, 2.45) is 0 Å². The molecular formula is C16H20Cl2N2O5S. The van der Waals surface area contributed by atoms with Crippen molar-refractivity contribution in [2.75, 3.05) is 18.1 Å². The molecule has 26 heavy (non-hydrogen) atoms. The summed E-state index contributed by atoms with van der Waals surface area (Å²) in [4.78, 5) is 30.0.